The molecule has 0 aromatic rings. The van der Waals surface area contributed by atoms with Gasteiger partial charge in [-0.05, 0) is 0 Å². The molecule has 0 atom stereocenters. The zero-order chi connectivity index (χ0) is 7.49. The lowest BCUT2D eigenvalue weighted by atomic mass is 10.7. The minimum absolute atomic E-state index is 0.579. The zero-order valence-corrected chi connectivity index (χ0v) is 5.60. The fourth-order valence-corrected chi connectivity index (χ4v) is 0.469. The molecule has 0 saturated heterocycles. The average Bonchev–Trinajstić information content (AvgIpc) is 1.86. The van der Waals surface area contributed by atoms with Crippen LogP contribution in [0.5, 0.6) is 0 Å². The van der Waals surface area contributed by atoms with Crippen molar-refractivity contribution in [2.24, 2.45) is 0 Å². The molecule has 0 aliphatic rings. The van der Waals surface area contributed by atoms with Gasteiger partial charge in [0.1, 0.15) is 6.07 Å². The second-order valence-electron chi connectivity index (χ2n) is 1.16. The smallest absolute Gasteiger partial charge is 0.269 e. The summed E-state index contributed by atoms with van der Waals surface area (Å²) in [5, 5.41) is 7.99. The summed E-state index contributed by atoms with van der Waals surface area (Å²) in [5.41, 5.74) is 0. The maximum atomic E-state index is 10.4. The molecule has 0 aliphatic heterocycles. The summed E-state index contributed by atoms with van der Waals surface area (Å²) >= 11 is 0. The molecule has 0 saturated carbocycles. The second kappa shape index (κ2) is 2.62. The number of nitriles is 1. The van der Waals surface area contributed by atoms with Crippen LogP contribution in [-0.4, -0.2) is 15.5 Å². The van der Waals surface area contributed by atoms with E-state index in [1.54, 1.807) is 0 Å². The molecule has 9 heavy (non-hydrogen) atoms. The highest BCUT2D eigenvalue weighted by atomic mass is 32.2. The average molecular weight is 147 g/mol. The number of hydrogen-bond donors (Lipinski definition) is 0. The summed E-state index contributed by atoms with van der Waals surface area (Å²) in [7, 11) is -2.83. The van der Waals surface area contributed by atoms with Crippen molar-refractivity contribution in [2.75, 3.05) is 7.11 Å². The molecule has 0 aliphatic carbocycles. The molecule has 50 valence electrons. The number of allylic oxidation sites excluding steroid dienone is 1. The van der Waals surface area contributed by atoms with Crippen molar-refractivity contribution in [3.8, 4) is 6.07 Å². The predicted octanol–water partition coefficient (Wildman–Crippen LogP) is -0.000120. The van der Waals surface area contributed by atoms with E-state index in [4.69, 9.17) is 5.26 Å². The molecule has 0 fully saturated rings. The minimum atomic E-state index is -3.80. The van der Waals surface area contributed by atoms with E-state index < -0.39 is 15.0 Å². The van der Waals surface area contributed by atoms with Crippen LogP contribution in [0, 0.1) is 11.3 Å². The van der Waals surface area contributed by atoms with Gasteiger partial charge in [0.2, 0.25) is 0 Å². The molecule has 4 nitrogen and oxygen atoms in total. The van der Waals surface area contributed by atoms with Crippen molar-refractivity contribution < 1.29 is 12.6 Å². The zero-order valence-electron chi connectivity index (χ0n) is 4.79. The molecule has 0 rings (SSSR count). The molecule has 0 radical (unpaired) electrons. The standard InChI is InChI=1S/C4H5NO3S/c1-4(3-5)9(6,7)8-2/h1H2,2H3. The Labute approximate surface area is 53.5 Å². The summed E-state index contributed by atoms with van der Waals surface area (Å²) in [5.74, 6) is 0. The van der Waals surface area contributed by atoms with Gasteiger partial charge in [0.05, 0.1) is 7.11 Å². The molecule has 5 heteroatoms. The largest absolute Gasteiger partial charge is 0.306 e. The third-order valence-corrected chi connectivity index (χ3v) is 1.78. The van der Waals surface area contributed by atoms with E-state index in [2.05, 4.69) is 10.8 Å². The Hall–Kier alpha value is -0.860. The van der Waals surface area contributed by atoms with E-state index in [0.717, 1.165) is 7.11 Å². The molecule has 0 amide bonds. The van der Waals surface area contributed by atoms with Crippen LogP contribution in [0.3, 0.4) is 0 Å². The predicted molar refractivity (Wildman–Crippen MR) is 30.7 cm³/mol. The van der Waals surface area contributed by atoms with Crippen LogP contribution in [0.2, 0.25) is 0 Å². The van der Waals surface area contributed by atoms with E-state index >= 15 is 0 Å². The molecular weight excluding hydrogens is 142 g/mol. The van der Waals surface area contributed by atoms with Gasteiger partial charge in [0.15, 0.2) is 4.91 Å². The van der Waals surface area contributed by atoms with Gasteiger partial charge in [-0.25, -0.2) is 0 Å². The number of hydrogen-bond acceptors (Lipinski definition) is 4. The van der Waals surface area contributed by atoms with Gasteiger partial charge in [0, 0.05) is 0 Å². The highest BCUT2D eigenvalue weighted by Gasteiger charge is 2.12. The molecule has 0 spiro atoms. The molecule has 0 unspecified atom stereocenters. The Kier molecular flexibility index (Phi) is 2.37. The Bertz CT molecular complexity index is 245. The van der Waals surface area contributed by atoms with E-state index in [1.165, 1.54) is 6.07 Å². The molecular formula is C4H5NO3S. The lowest BCUT2D eigenvalue weighted by molar-refractivity contribution is 0.405. The van der Waals surface area contributed by atoms with Crippen molar-refractivity contribution in [2.45, 2.75) is 0 Å². The first-order valence-corrected chi connectivity index (χ1v) is 3.35. The number of nitrogens with zero attached hydrogens (tertiary/aromatic N) is 1. The fourth-order valence-electron chi connectivity index (χ4n) is 0.156. The normalized spacial score (nSPS) is 10.2. The highest BCUT2D eigenvalue weighted by Crippen LogP contribution is 2.01. The van der Waals surface area contributed by atoms with Crippen molar-refractivity contribution in [3.05, 3.63) is 11.5 Å². The van der Waals surface area contributed by atoms with Crippen LogP contribution in [-0.2, 0) is 14.3 Å². The lowest BCUT2D eigenvalue weighted by Gasteiger charge is -1.92. The first-order valence-electron chi connectivity index (χ1n) is 1.94. The van der Waals surface area contributed by atoms with Gasteiger partial charge >= 0.3 is 10.1 Å². The van der Waals surface area contributed by atoms with Crippen LogP contribution in [0.1, 0.15) is 0 Å². The summed E-state index contributed by atoms with van der Waals surface area (Å²) in [6.07, 6.45) is 0. The fraction of sp³-hybridized carbons (Fsp3) is 0.250. The molecule has 0 aromatic carbocycles. The summed E-state index contributed by atoms with van der Waals surface area (Å²) in [4.78, 5) is -0.579. The van der Waals surface area contributed by atoms with Crippen molar-refractivity contribution in [3.63, 3.8) is 0 Å². The summed E-state index contributed by atoms with van der Waals surface area (Å²) in [6.45, 7) is 2.94. The van der Waals surface area contributed by atoms with Crippen molar-refractivity contribution >= 4 is 10.1 Å². The van der Waals surface area contributed by atoms with Crippen LogP contribution in [0.25, 0.3) is 0 Å². The van der Waals surface area contributed by atoms with Gasteiger partial charge in [0.25, 0.3) is 0 Å². The van der Waals surface area contributed by atoms with Gasteiger partial charge < -0.3 is 0 Å². The van der Waals surface area contributed by atoms with Crippen molar-refractivity contribution in [1.82, 2.24) is 0 Å². The van der Waals surface area contributed by atoms with E-state index in [9.17, 15) is 8.42 Å². The molecule has 0 heterocycles. The van der Waals surface area contributed by atoms with Crippen molar-refractivity contribution in [1.29, 1.82) is 5.26 Å². The highest BCUT2D eigenvalue weighted by molar-refractivity contribution is 7.91. The molecule has 0 aromatic heterocycles. The third kappa shape index (κ3) is 1.83. The van der Waals surface area contributed by atoms with Gasteiger partial charge in [-0.2, -0.15) is 13.7 Å². The Morgan fingerprint density at radius 2 is 2.22 bits per heavy atom. The van der Waals surface area contributed by atoms with Gasteiger partial charge in [-0.1, -0.05) is 6.58 Å². The van der Waals surface area contributed by atoms with Crippen LogP contribution in [0.15, 0.2) is 11.5 Å². The van der Waals surface area contributed by atoms with Crippen LogP contribution >= 0.6 is 0 Å². The number of rotatable bonds is 2. The van der Waals surface area contributed by atoms with Gasteiger partial charge in [-0.3, -0.25) is 4.18 Å². The topological polar surface area (TPSA) is 67.2 Å². The quantitative estimate of drug-likeness (QED) is 0.407. The van der Waals surface area contributed by atoms with E-state index in [0.29, 0.717) is 0 Å². The Balaban J connectivity index is 4.63. The third-order valence-electron chi connectivity index (χ3n) is 0.646. The van der Waals surface area contributed by atoms with Crippen LogP contribution in [0.4, 0.5) is 0 Å². The van der Waals surface area contributed by atoms with E-state index in [-0.39, 0.29) is 0 Å². The Morgan fingerprint density at radius 3 is 2.33 bits per heavy atom. The van der Waals surface area contributed by atoms with E-state index in [1.807, 2.05) is 0 Å². The van der Waals surface area contributed by atoms with Gasteiger partial charge in [-0.15, -0.1) is 0 Å². The second-order valence-corrected chi connectivity index (χ2v) is 2.89. The lowest BCUT2D eigenvalue weighted by Crippen LogP contribution is -2.02. The maximum Gasteiger partial charge on any atom is 0.306 e. The SMILES string of the molecule is C=C(C#N)S(=O)(=O)OC. The maximum absolute atomic E-state index is 10.4. The summed E-state index contributed by atoms with van der Waals surface area (Å²) in [6, 6.07) is 1.35. The summed E-state index contributed by atoms with van der Waals surface area (Å²) < 4.78 is 24.7. The first-order chi connectivity index (χ1) is 4.04. The minimum Gasteiger partial charge on any atom is -0.269 e. The first kappa shape index (κ1) is 8.14. The van der Waals surface area contributed by atoms with Crippen LogP contribution < -0.4 is 0 Å². The molecule has 0 N–H and O–H groups in total. The Morgan fingerprint density at radius 1 is 1.78 bits per heavy atom. The monoisotopic (exact) mass is 147 g/mol. The molecule has 0 bridgehead atoms.